The second-order valence-electron chi connectivity index (χ2n) is 4.42. The summed E-state index contributed by atoms with van der Waals surface area (Å²) in [6, 6.07) is 2.45. The van der Waals surface area contributed by atoms with Gasteiger partial charge in [-0.1, -0.05) is 0 Å². The SMILES string of the molecule is O=c1cc(C(F)(F)F)c2cc(OCCO)c(OCCO)cc2o1. The van der Waals surface area contributed by atoms with Crippen molar-refractivity contribution in [3.63, 3.8) is 0 Å². The van der Waals surface area contributed by atoms with Crippen LogP contribution in [0.15, 0.2) is 27.4 Å². The molecule has 23 heavy (non-hydrogen) atoms. The number of rotatable bonds is 6. The zero-order valence-electron chi connectivity index (χ0n) is 11.7. The van der Waals surface area contributed by atoms with Gasteiger partial charge in [-0.05, 0) is 6.07 Å². The molecule has 9 heteroatoms. The normalized spacial score (nSPS) is 11.7. The van der Waals surface area contributed by atoms with Crippen LogP contribution in [0.25, 0.3) is 11.0 Å². The van der Waals surface area contributed by atoms with Crippen molar-refractivity contribution >= 4 is 11.0 Å². The fourth-order valence-corrected chi connectivity index (χ4v) is 1.94. The third-order valence-corrected chi connectivity index (χ3v) is 2.81. The van der Waals surface area contributed by atoms with Crippen LogP contribution in [0.5, 0.6) is 11.5 Å². The third-order valence-electron chi connectivity index (χ3n) is 2.81. The minimum atomic E-state index is -4.75. The Morgan fingerprint density at radius 3 is 2.09 bits per heavy atom. The quantitative estimate of drug-likeness (QED) is 0.779. The van der Waals surface area contributed by atoms with E-state index in [-0.39, 0.29) is 48.9 Å². The summed E-state index contributed by atoms with van der Waals surface area (Å²) in [5.74, 6) is -0.0816. The monoisotopic (exact) mass is 334 g/mol. The van der Waals surface area contributed by atoms with Gasteiger partial charge in [0.05, 0.1) is 18.8 Å². The van der Waals surface area contributed by atoms with E-state index >= 15 is 0 Å². The Morgan fingerprint density at radius 2 is 1.57 bits per heavy atom. The fraction of sp³-hybridized carbons (Fsp3) is 0.357. The highest BCUT2D eigenvalue weighted by Crippen LogP contribution is 2.39. The van der Waals surface area contributed by atoms with Crippen molar-refractivity contribution in [2.45, 2.75) is 6.18 Å². The summed E-state index contributed by atoms with van der Waals surface area (Å²) in [7, 11) is 0. The van der Waals surface area contributed by atoms with E-state index in [0.717, 1.165) is 12.1 Å². The van der Waals surface area contributed by atoms with Gasteiger partial charge in [-0.25, -0.2) is 4.79 Å². The minimum absolute atomic E-state index is 0.0116. The number of fused-ring (bicyclic) bond motifs is 1. The van der Waals surface area contributed by atoms with Crippen molar-refractivity contribution in [2.24, 2.45) is 0 Å². The third kappa shape index (κ3) is 3.93. The molecule has 0 aliphatic carbocycles. The molecule has 1 aromatic heterocycles. The Balaban J connectivity index is 2.65. The molecule has 2 N–H and O–H groups in total. The molecule has 0 bridgehead atoms. The zero-order chi connectivity index (χ0) is 17.0. The molecule has 1 aromatic carbocycles. The van der Waals surface area contributed by atoms with Gasteiger partial charge in [0.2, 0.25) is 0 Å². The van der Waals surface area contributed by atoms with Crippen molar-refractivity contribution in [1.82, 2.24) is 0 Å². The van der Waals surface area contributed by atoms with Gasteiger partial charge in [-0.3, -0.25) is 0 Å². The predicted octanol–water partition coefficient (Wildman–Crippen LogP) is 1.55. The van der Waals surface area contributed by atoms with Crippen molar-refractivity contribution in [3.8, 4) is 11.5 Å². The maximum absolute atomic E-state index is 13.1. The molecule has 0 saturated carbocycles. The van der Waals surface area contributed by atoms with E-state index in [1.165, 1.54) is 0 Å². The van der Waals surface area contributed by atoms with Crippen LogP contribution >= 0.6 is 0 Å². The molecule has 2 aromatic rings. The predicted molar refractivity (Wildman–Crippen MR) is 72.6 cm³/mol. The lowest BCUT2D eigenvalue weighted by molar-refractivity contribution is -0.136. The van der Waals surface area contributed by atoms with Crippen molar-refractivity contribution < 1.29 is 37.3 Å². The number of hydrogen-bond donors (Lipinski definition) is 2. The molecule has 0 radical (unpaired) electrons. The Morgan fingerprint density at radius 1 is 1.00 bits per heavy atom. The molecule has 0 amide bonds. The Labute approximate surface area is 127 Å². The summed E-state index contributed by atoms with van der Waals surface area (Å²) in [4.78, 5) is 11.3. The van der Waals surface area contributed by atoms with Crippen LogP contribution in [0, 0.1) is 0 Å². The number of aliphatic hydroxyl groups excluding tert-OH is 2. The molecule has 126 valence electrons. The van der Waals surface area contributed by atoms with Crippen LogP contribution < -0.4 is 15.1 Å². The molecule has 6 nitrogen and oxygen atoms in total. The summed E-state index contributed by atoms with van der Waals surface area (Å²) in [5.41, 5.74) is -2.64. The largest absolute Gasteiger partial charge is 0.487 e. The van der Waals surface area contributed by atoms with Gasteiger partial charge in [-0.15, -0.1) is 0 Å². The van der Waals surface area contributed by atoms with Crippen LogP contribution in [0.2, 0.25) is 0 Å². The standard InChI is InChI=1S/C14H13F3O6/c15-14(16,17)9-6-13(20)23-10-7-12(22-4-2-19)11(5-8(9)10)21-3-1-18/h5-7,18-19H,1-4H2. The number of benzene rings is 1. The van der Waals surface area contributed by atoms with Crippen LogP contribution in [0.1, 0.15) is 5.56 Å². The Bertz CT molecular complexity index is 738. The van der Waals surface area contributed by atoms with E-state index in [9.17, 15) is 18.0 Å². The summed E-state index contributed by atoms with van der Waals surface area (Å²) in [6.07, 6.45) is -4.75. The molecule has 0 aliphatic heterocycles. The van der Waals surface area contributed by atoms with E-state index in [1.807, 2.05) is 0 Å². The van der Waals surface area contributed by atoms with Gasteiger partial charge >= 0.3 is 11.8 Å². The van der Waals surface area contributed by atoms with Gasteiger partial charge in [0.1, 0.15) is 18.8 Å². The van der Waals surface area contributed by atoms with Gasteiger partial charge in [0.25, 0.3) is 0 Å². The van der Waals surface area contributed by atoms with Crippen LogP contribution in [0.4, 0.5) is 13.2 Å². The first-order valence-corrected chi connectivity index (χ1v) is 6.53. The first-order valence-electron chi connectivity index (χ1n) is 6.53. The molecule has 0 unspecified atom stereocenters. The summed E-state index contributed by atoms with van der Waals surface area (Å²) in [5, 5.41) is 17.2. The minimum Gasteiger partial charge on any atom is -0.487 e. The van der Waals surface area contributed by atoms with E-state index in [0.29, 0.717) is 6.07 Å². The van der Waals surface area contributed by atoms with E-state index in [4.69, 9.17) is 24.1 Å². The lowest BCUT2D eigenvalue weighted by Crippen LogP contribution is -2.12. The highest BCUT2D eigenvalue weighted by atomic mass is 19.4. The molecule has 0 spiro atoms. The zero-order valence-corrected chi connectivity index (χ0v) is 11.7. The average molecular weight is 334 g/mol. The van der Waals surface area contributed by atoms with Crippen LogP contribution in [-0.4, -0.2) is 36.6 Å². The first-order chi connectivity index (χ1) is 10.9. The number of hydrogen-bond acceptors (Lipinski definition) is 6. The average Bonchev–Trinajstić information content (AvgIpc) is 2.48. The number of alkyl halides is 3. The van der Waals surface area contributed by atoms with E-state index in [1.54, 1.807) is 0 Å². The molecule has 0 fully saturated rings. The van der Waals surface area contributed by atoms with Crippen molar-refractivity contribution in [2.75, 3.05) is 26.4 Å². The smallest absolute Gasteiger partial charge is 0.417 e. The maximum atomic E-state index is 13.1. The van der Waals surface area contributed by atoms with Crippen LogP contribution in [-0.2, 0) is 6.18 Å². The van der Waals surface area contributed by atoms with E-state index in [2.05, 4.69) is 0 Å². The van der Waals surface area contributed by atoms with Gasteiger partial charge in [0.15, 0.2) is 11.5 Å². The lowest BCUT2D eigenvalue weighted by Gasteiger charge is -2.14. The molecule has 0 atom stereocenters. The number of ether oxygens (including phenoxy) is 2. The molecule has 1 heterocycles. The maximum Gasteiger partial charge on any atom is 0.417 e. The van der Waals surface area contributed by atoms with Crippen molar-refractivity contribution in [3.05, 3.63) is 34.2 Å². The lowest BCUT2D eigenvalue weighted by atomic mass is 10.1. The van der Waals surface area contributed by atoms with Crippen LogP contribution in [0.3, 0.4) is 0 Å². The second-order valence-corrected chi connectivity index (χ2v) is 4.42. The molecular formula is C14H13F3O6. The second kappa shape index (κ2) is 6.88. The first kappa shape index (κ1) is 17.1. The number of halogens is 3. The molecule has 0 saturated heterocycles. The van der Waals surface area contributed by atoms with Gasteiger partial charge in [-0.2, -0.15) is 13.2 Å². The van der Waals surface area contributed by atoms with Gasteiger partial charge < -0.3 is 24.1 Å². The van der Waals surface area contributed by atoms with Crippen molar-refractivity contribution in [1.29, 1.82) is 0 Å². The fourth-order valence-electron chi connectivity index (χ4n) is 1.94. The van der Waals surface area contributed by atoms with E-state index < -0.39 is 17.4 Å². The molecular weight excluding hydrogens is 321 g/mol. The summed E-state index contributed by atoms with van der Waals surface area (Å²) >= 11 is 0. The summed E-state index contributed by atoms with van der Waals surface area (Å²) in [6.45, 7) is -0.985. The molecule has 2 rings (SSSR count). The highest BCUT2D eigenvalue weighted by molar-refractivity contribution is 5.84. The summed E-state index contributed by atoms with van der Waals surface area (Å²) < 4.78 is 54.3. The Hall–Kier alpha value is -2.26. The molecule has 0 aliphatic rings. The van der Waals surface area contributed by atoms with Gasteiger partial charge in [0, 0.05) is 17.5 Å². The Kier molecular flexibility index (Phi) is 5.12. The highest BCUT2D eigenvalue weighted by Gasteiger charge is 2.34. The topological polar surface area (TPSA) is 89.1 Å². The number of aliphatic hydroxyl groups is 2.